The Labute approximate surface area is 157 Å². The third kappa shape index (κ3) is 2.94. The van der Waals surface area contributed by atoms with Crippen molar-refractivity contribution in [3.05, 3.63) is 41.0 Å². The third-order valence-electron chi connectivity index (χ3n) is 5.44. The third-order valence-corrected chi connectivity index (χ3v) is 5.74. The standard InChI is InChI=1S/C20H22ClN3O2/c1-2-10-24-15-8-6-14(19(24)25)11-23(12-15)20(26)17-9-7-13-4-3-5-16(21)18(13)22-17/h3-5,7,9,14-15H,2,6,8,10-12H2,1H3/t14-,15+/m0/s1. The lowest BCUT2D eigenvalue weighted by atomic mass is 9.94. The predicted molar refractivity (Wildman–Crippen MR) is 101 cm³/mol. The van der Waals surface area contributed by atoms with Gasteiger partial charge in [-0.25, -0.2) is 4.98 Å². The SMILES string of the molecule is CCCN1C(=O)[C@H]2CC[C@@H]1CN(C(=O)c1ccc3cccc(Cl)c3n1)C2. The van der Waals surface area contributed by atoms with Gasteiger partial charge in [0.25, 0.3) is 5.91 Å². The number of benzene rings is 1. The molecule has 2 amide bonds. The van der Waals surface area contributed by atoms with Crippen LogP contribution in [0.2, 0.25) is 5.02 Å². The summed E-state index contributed by atoms with van der Waals surface area (Å²) in [5.74, 6) is -0.00363. The van der Waals surface area contributed by atoms with Crippen LogP contribution in [0.4, 0.5) is 0 Å². The van der Waals surface area contributed by atoms with Crippen LogP contribution in [-0.2, 0) is 4.79 Å². The number of nitrogens with zero attached hydrogens (tertiary/aromatic N) is 3. The first kappa shape index (κ1) is 17.3. The van der Waals surface area contributed by atoms with E-state index in [1.54, 1.807) is 17.0 Å². The van der Waals surface area contributed by atoms with Crippen molar-refractivity contribution in [3.8, 4) is 0 Å². The predicted octanol–water partition coefficient (Wildman–Crippen LogP) is 3.36. The number of piperidine rings is 1. The number of carbonyl (C=O) groups is 2. The highest BCUT2D eigenvalue weighted by Gasteiger charge is 2.41. The Morgan fingerprint density at radius 2 is 2.08 bits per heavy atom. The Hall–Kier alpha value is -2.14. The molecule has 3 aliphatic rings. The lowest BCUT2D eigenvalue weighted by Crippen LogP contribution is -2.48. The van der Waals surface area contributed by atoms with Gasteiger partial charge in [-0.05, 0) is 31.4 Å². The molecule has 0 radical (unpaired) electrons. The van der Waals surface area contributed by atoms with E-state index in [1.165, 1.54) is 0 Å². The van der Waals surface area contributed by atoms with Crippen LogP contribution in [0.25, 0.3) is 10.9 Å². The lowest BCUT2D eigenvalue weighted by molar-refractivity contribution is -0.139. The summed E-state index contributed by atoms with van der Waals surface area (Å²) in [4.78, 5) is 34.1. The van der Waals surface area contributed by atoms with E-state index >= 15 is 0 Å². The van der Waals surface area contributed by atoms with Crippen LogP contribution in [0.1, 0.15) is 36.7 Å². The molecule has 5 rings (SSSR count). The van der Waals surface area contributed by atoms with E-state index < -0.39 is 0 Å². The average Bonchev–Trinajstić information content (AvgIpc) is 2.94. The van der Waals surface area contributed by atoms with E-state index in [1.807, 2.05) is 23.1 Å². The van der Waals surface area contributed by atoms with E-state index in [0.717, 1.165) is 31.2 Å². The Kier molecular flexibility index (Phi) is 4.57. The largest absolute Gasteiger partial charge is 0.338 e. The Morgan fingerprint density at radius 1 is 1.23 bits per heavy atom. The van der Waals surface area contributed by atoms with Crippen LogP contribution in [-0.4, -0.2) is 52.3 Å². The monoisotopic (exact) mass is 371 g/mol. The van der Waals surface area contributed by atoms with Gasteiger partial charge in [-0.1, -0.05) is 36.7 Å². The second-order valence-corrected chi connectivity index (χ2v) is 7.59. The van der Waals surface area contributed by atoms with Gasteiger partial charge in [-0.2, -0.15) is 0 Å². The van der Waals surface area contributed by atoms with Gasteiger partial charge in [-0.15, -0.1) is 0 Å². The zero-order valence-corrected chi connectivity index (χ0v) is 15.6. The molecule has 136 valence electrons. The van der Waals surface area contributed by atoms with E-state index in [9.17, 15) is 9.59 Å². The number of rotatable bonds is 3. The summed E-state index contributed by atoms with van der Waals surface area (Å²) in [5.41, 5.74) is 1.03. The molecule has 5 nitrogen and oxygen atoms in total. The van der Waals surface area contributed by atoms with Crippen molar-refractivity contribution in [2.24, 2.45) is 5.92 Å². The molecule has 3 aliphatic heterocycles. The molecule has 0 N–H and O–H groups in total. The summed E-state index contributed by atoms with van der Waals surface area (Å²) in [5, 5.41) is 1.45. The lowest BCUT2D eigenvalue weighted by Gasteiger charge is -2.35. The van der Waals surface area contributed by atoms with Gasteiger partial charge in [0.1, 0.15) is 5.69 Å². The van der Waals surface area contributed by atoms with Crippen molar-refractivity contribution in [1.82, 2.24) is 14.8 Å². The fourth-order valence-electron chi connectivity index (χ4n) is 4.13. The highest BCUT2D eigenvalue weighted by Crippen LogP contribution is 2.30. The number of para-hydroxylation sites is 1. The maximum Gasteiger partial charge on any atom is 0.272 e. The topological polar surface area (TPSA) is 53.5 Å². The summed E-state index contributed by atoms with van der Waals surface area (Å²) in [6.07, 6.45) is 2.77. The molecule has 0 unspecified atom stereocenters. The summed E-state index contributed by atoms with van der Waals surface area (Å²) in [7, 11) is 0. The highest BCUT2D eigenvalue weighted by atomic mass is 35.5. The number of hydrogen-bond acceptors (Lipinski definition) is 3. The van der Waals surface area contributed by atoms with Crippen LogP contribution < -0.4 is 0 Å². The highest BCUT2D eigenvalue weighted by molar-refractivity contribution is 6.35. The van der Waals surface area contributed by atoms with E-state index in [4.69, 9.17) is 11.6 Å². The van der Waals surface area contributed by atoms with Crippen LogP contribution in [0.3, 0.4) is 0 Å². The maximum absolute atomic E-state index is 13.1. The van der Waals surface area contributed by atoms with Gasteiger partial charge in [0, 0.05) is 31.1 Å². The van der Waals surface area contributed by atoms with Gasteiger partial charge in [0.05, 0.1) is 16.5 Å². The molecule has 3 saturated heterocycles. The zero-order chi connectivity index (χ0) is 18.3. The van der Waals surface area contributed by atoms with Crippen molar-refractivity contribution in [3.63, 3.8) is 0 Å². The first-order valence-electron chi connectivity index (χ1n) is 9.23. The van der Waals surface area contributed by atoms with Crippen LogP contribution in [0, 0.1) is 5.92 Å². The fourth-order valence-corrected chi connectivity index (χ4v) is 4.36. The average molecular weight is 372 g/mol. The van der Waals surface area contributed by atoms with Gasteiger partial charge >= 0.3 is 0 Å². The number of hydrogen-bond donors (Lipinski definition) is 0. The number of pyridine rings is 1. The normalized spacial score (nSPS) is 22.8. The van der Waals surface area contributed by atoms with Gasteiger partial charge < -0.3 is 9.80 Å². The molecule has 0 spiro atoms. The maximum atomic E-state index is 13.1. The number of amides is 2. The minimum absolute atomic E-state index is 0.0895. The second-order valence-electron chi connectivity index (χ2n) is 7.18. The van der Waals surface area contributed by atoms with Gasteiger partial charge in [0.15, 0.2) is 0 Å². The van der Waals surface area contributed by atoms with Crippen molar-refractivity contribution < 1.29 is 9.59 Å². The van der Waals surface area contributed by atoms with Crippen molar-refractivity contribution in [2.45, 2.75) is 32.2 Å². The summed E-state index contributed by atoms with van der Waals surface area (Å²) >= 11 is 6.24. The quantitative estimate of drug-likeness (QED) is 0.831. The minimum Gasteiger partial charge on any atom is -0.338 e. The van der Waals surface area contributed by atoms with Crippen molar-refractivity contribution >= 4 is 34.3 Å². The first-order chi connectivity index (χ1) is 12.6. The number of carbonyl (C=O) groups excluding carboxylic acids is 2. The molecule has 4 heterocycles. The van der Waals surface area contributed by atoms with E-state index in [-0.39, 0.29) is 23.8 Å². The summed E-state index contributed by atoms with van der Waals surface area (Å²) in [6, 6.07) is 9.32. The second kappa shape index (κ2) is 6.88. The van der Waals surface area contributed by atoms with E-state index in [0.29, 0.717) is 29.3 Å². The molecular formula is C20H22ClN3O2. The number of aromatic nitrogens is 1. The molecule has 6 heteroatoms. The molecule has 3 fully saturated rings. The molecule has 0 saturated carbocycles. The molecule has 1 aromatic carbocycles. The Balaban J connectivity index is 1.63. The fraction of sp³-hybridized carbons (Fsp3) is 0.450. The van der Waals surface area contributed by atoms with Crippen molar-refractivity contribution in [2.75, 3.05) is 19.6 Å². The molecule has 26 heavy (non-hydrogen) atoms. The van der Waals surface area contributed by atoms with Gasteiger partial charge in [0.2, 0.25) is 5.91 Å². The van der Waals surface area contributed by atoms with Crippen molar-refractivity contribution in [1.29, 1.82) is 0 Å². The van der Waals surface area contributed by atoms with Crippen LogP contribution in [0.5, 0.6) is 0 Å². The molecule has 2 bridgehead atoms. The van der Waals surface area contributed by atoms with Gasteiger partial charge in [-0.3, -0.25) is 9.59 Å². The zero-order valence-electron chi connectivity index (χ0n) is 14.8. The molecule has 2 aromatic rings. The smallest absolute Gasteiger partial charge is 0.272 e. The Bertz CT molecular complexity index is 869. The Morgan fingerprint density at radius 3 is 2.88 bits per heavy atom. The van der Waals surface area contributed by atoms with Crippen LogP contribution >= 0.6 is 11.6 Å². The first-order valence-corrected chi connectivity index (χ1v) is 9.61. The van der Waals surface area contributed by atoms with E-state index in [2.05, 4.69) is 11.9 Å². The number of halogens is 1. The number of fused-ring (bicyclic) bond motifs is 5. The molecule has 2 atom stereocenters. The molecule has 0 aliphatic carbocycles. The van der Waals surface area contributed by atoms with Crippen LogP contribution in [0.15, 0.2) is 30.3 Å². The molecular weight excluding hydrogens is 350 g/mol. The molecule has 1 aromatic heterocycles. The summed E-state index contributed by atoms with van der Waals surface area (Å²) < 4.78 is 0. The minimum atomic E-state index is -0.116. The summed E-state index contributed by atoms with van der Waals surface area (Å²) in [6.45, 7) is 3.92.